The molecule has 25 heavy (non-hydrogen) atoms. The number of hydrogen-bond acceptors (Lipinski definition) is 2. The fourth-order valence-electron chi connectivity index (χ4n) is 3.61. The maximum atomic E-state index is 11.8. The first-order valence-electron chi connectivity index (χ1n) is 9.23. The zero-order valence-corrected chi connectivity index (χ0v) is 15.4. The Hall–Kier alpha value is -2.29. The van der Waals surface area contributed by atoms with Crippen LogP contribution in [0.4, 0.5) is 5.69 Å². The minimum Gasteiger partial charge on any atom is -0.491 e. The van der Waals surface area contributed by atoms with Crippen molar-refractivity contribution in [2.45, 2.75) is 46.0 Å². The van der Waals surface area contributed by atoms with Crippen molar-refractivity contribution >= 4 is 12.1 Å². The van der Waals surface area contributed by atoms with E-state index in [4.69, 9.17) is 4.74 Å². The molecule has 0 saturated carbocycles. The van der Waals surface area contributed by atoms with Crippen molar-refractivity contribution in [1.29, 1.82) is 0 Å². The summed E-state index contributed by atoms with van der Waals surface area (Å²) in [5.41, 5.74) is 6.07. The van der Waals surface area contributed by atoms with Crippen LogP contribution in [0.3, 0.4) is 0 Å². The molecular weight excluding hydrogens is 310 g/mol. The Balaban J connectivity index is 1.96. The topological polar surface area (TPSA) is 29.5 Å². The van der Waals surface area contributed by atoms with E-state index in [1.807, 2.05) is 11.0 Å². The van der Waals surface area contributed by atoms with Crippen LogP contribution in [0.1, 0.15) is 48.4 Å². The molecule has 3 nitrogen and oxygen atoms in total. The first kappa shape index (κ1) is 17.5. The number of ether oxygens (including phenoxy) is 1. The van der Waals surface area contributed by atoms with Gasteiger partial charge in [-0.15, -0.1) is 0 Å². The van der Waals surface area contributed by atoms with Gasteiger partial charge in [0.15, 0.2) is 0 Å². The third kappa shape index (κ3) is 3.71. The molecule has 1 aliphatic rings. The van der Waals surface area contributed by atoms with Crippen molar-refractivity contribution in [3.8, 4) is 5.75 Å². The van der Waals surface area contributed by atoms with Crippen molar-refractivity contribution < 1.29 is 9.53 Å². The van der Waals surface area contributed by atoms with Crippen LogP contribution in [0.2, 0.25) is 0 Å². The number of amides is 1. The highest BCUT2D eigenvalue weighted by atomic mass is 16.5. The Morgan fingerprint density at radius 2 is 2.04 bits per heavy atom. The van der Waals surface area contributed by atoms with E-state index in [0.717, 1.165) is 37.1 Å². The van der Waals surface area contributed by atoms with Gasteiger partial charge in [0.2, 0.25) is 6.41 Å². The molecule has 2 aromatic rings. The van der Waals surface area contributed by atoms with Crippen LogP contribution < -0.4 is 9.64 Å². The second-order valence-electron chi connectivity index (χ2n) is 6.87. The lowest BCUT2D eigenvalue weighted by molar-refractivity contribution is -0.107. The number of aryl methyl sites for hydroxylation is 3. The van der Waals surface area contributed by atoms with Crippen molar-refractivity contribution in [3.63, 3.8) is 0 Å². The van der Waals surface area contributed by atoms with E-state index in [0.29, 0.717) is 13.2 Å². The summed E-state index contributed by atoms with van der Waals surface area (Å²) in [4.78, 5) is 13.6. The minimum absolute atomic E-state index is 0.185. The van der Waals surface area contributed by atoms with Gasteiger partial charge in [-0.3, -0.25) is 4.79 Å². The Morgan fingerprint density at radius 1 is 1.20 bits per heavy atom. The number of fused-ring (bicyclic) bond motifs is 1. The largest absolute Gasteiger partial charge is 0.491 e. The SMILES string of the molecule is CCCc1cc(C)ccc1C1COc2ccc(CC)cc2N(C=O)C1. The molecule has 0 aliphatic carbocycles. The quantitative estimate of drug-likeness (QED) is 0.743. The lowest BCUT2D eigenvalue weighted by Gasteiger charge is -2.23. The number of nitrogens with zero attached hydrogens (tertiary/aromatic N) is 1. The van der Waals surface area contributed by atoms with E-state index < -0.39 is 0 Å². The third-order valence-electron chi connectivity index (χ3n) is 4.98. The van der Waals surface area contributed by atoms with Gasteiger partial charge in [-0.1, -0.05) is 50.1 Å². The summed E-state index contributed by atoms with van der Waals surface area (Å²) in [6, 6.07) is 12.8. The average molecular weight is 337 g/mol. The molecule has 1 aliphatic heterocycles. The molecule has 0 N–H and O–H groups in total. The number of hydrogen-bond donors (Lipinski definition) is 0. The second-order valence-corrected chi connectivity index (χ2v) is 6.87. The Bertz CT molecular complexity index is 754. The predicted octanol–water partition coefficient (Wildman–Crippen LogP) is 4.65. The number of rotatable bonds is 5. The molecule has 1 unspecified atom stereocenters. The second kappa shape index (κ2) is 7.73. The summed E-state index contributed by atoms with van der Waals surface area (Å²) in [6.07, 6.45) is 4.05. The number of carbonyl (C=O) groups excluding carboxylic acids is 1. The normalized spacial score (nSPS) is 16.8. The van der Waals surface area contributed by atoms with E-state index in [1.54, 1.807) is 0 Å². The van der Waals surface area contributed by atoms with Crippen LogP contribution >= 0.6 is 0 Å². The number of anilines is 1. The predicted molar refractivity (Wildman–Crippen MR) is 103 cm³/mol. The van der Waals surface area contributed by atoms with Crippen molar-refractivity contribution in [2.75, 3.05) is 18.1 Å². The molecule has 0 saturated heterocycles. The molecule has 3 rings (SSSR count). The molecule has 0 radical (unpaired) electrons. The van der Waals surface area contributed by atoms with Gasteiger partial charge >= 0.3 is 0 Å². The third-order valence-corrected chi connectivity index (χ3v) is 4.98. The van der Waals surface area contributed by atoms with Gasteiger partial charge in [-0.05, 0) is 48.6 Å². The molecule has 2 aromatic carbocycles. The maximum absolute atomic E-state index is 11.8. The van der Waals surface area contributed by atoms with Crippen molar-refractivity contribution in [2.24, 2.45) is 0 Å². The van der Waals surface area contributed by atoms with Crippen LogP contribution in [0.15, 0.2) is 36.4 Å². The first-order chi connectivity index (χ1) is 12.2. The van der Waals surface area contributed by atoms with Crippen LogP contribution in [0, 0.1) is 6.92 Å². The molecule has 0 aromatic heterocycles. The van der Waals surface area contributed by atoms with E-state index in [2.05, 4.69) is 51.1 Å². The van der Waals surface area contributed by atoms with Gasteiger partial charge < -0.3 is 9.64 Å². The highest BCUT2D eigenvalue weighted by Crippen LogP contribution is 2.35. The van der Waals surface area contributed by atoms with Crippen LogP contribution in [-0.4, -0.2) is 19.6 Å². The Labute approximate surface area is 150 Å². The average Bonchev–Trinajstić information content (AvgIpc) is 2.81. The van der Waals surface area contributed by atoms with Gasteiger partial charge in [0.1, 0.15) is 5.75 Å². The molecule has 0 fully saturated rings. The van der Waals surface area contributed by atoms with E-state index in [-0.39, 0.29) is 5.92 Å². The van der Waals surface area contributed by atoms with Gasteiger partial charge in [0.25, 0.3) is 0 Å². The summed E-state index contributed by atoms with van der Waals surface area (Å²) in [5.74, 6) is 0.987. The minimum atomic E-state index is 0.185. The van der Waals surface area contributed by atoms with E-state index >= 15 is 0 Å². The van der Waals surface area contributed by atoms with Crippen LogP contribution in [-0.2, 0) is 17.6 Å². The number of carbonyl (C=O) groups is 1. The summed E-state index contributed by atoms with van der Waals surface area (Å²) < 4.78 is 6.11. The Kier molecular flexibility index (Phi) is 5.42. The van der Waals surface area contributed by atoms with Gasteiger partial charge in [0.05, 0.1) is 12.3 Å². The smallest absolute Gasteiger partial charge is 0.214 e. The highest BCUT2D eigenvalue weighted by Gasteiger charge is 2.25. The Morgan fingerprint density at radius 3 is 2.76 bits per heavy atom. The molecule has 132 valence electrons. The van der Waals surface area contributed by atoms with Gasteiger partial charge in [-0.2, -0.15) is 0 Å². The summed E-state index contributed by atoms with van der Waals surface area (Å²) in [7, 11) is 0. The monoisotopic (exact) mass is 337 g/mol. The zero-order valence-electron chi connectivity index (χ0n) is 15.4. The van der Waals surface area contributed by atoms with E-state index in [1.165, 1.54) is 22.3 Å². The van der Waals surface area contributed by atoms with Crippen molar-refractivity contribution in [1.82, 2.24) is 0 Å². The van der Waals surface area contributed by atoms with Crippen LogP contribution in [0.25, 0.3) is 0 Å². The zero-order chi connectivity index (χ0) is 17.8. The molecule has 0 bridgehead atoms. The summed E-state index contributed by atoms with van der Waals surface area (Å²) in [6.45, 7) is 7.71. The lowest BCUT2D eigenvalue weighted by atomic mass is 9.91. The molecule has 0 spiro atoms. The first-order valence-corrected chi connectivity index (χ1v) is 9.23. The van der Waals surface area contributed by atoms with Crippen LogP contribution in [0.5, 0.6) is 5.75 Å². The lowest BCUT2D eigenvalue weighted by Crippen LogP contribution is -2.28. The molecular formula is C22H27NO2. The van der Waals surface area contributed by atoms with Gasteiger partial charge in [-0.25, -0.2) is 0 Å². The molecule has 1 amide bonds. The molecule has 1 atom stereocenters. The summed E-state index contributed by atoms with van der Waals surface area (Å²) >= 11 is 0. The molecule has 3 heteroatoms. The van der Waals surface area contributed by atoms with Gasteiger partial charge in [0, 0.05) is 12.5 Å². The fraction of sp³-hybridized carbons (Fsp3) is 0.409. The highest BCUT2D eigenvalue weighted by molar-refractivity contribution is 5.80. The number of benzene rings is 2. The molecule has 1 heterocycles. The van der Waals surface area contributed by atoms with Crippen molar-refractivity contribution in [3.05, 3.63) is 58.7 Å². The maximum Gasteiger partial charge on any atom is 0.214 e. The van der Waals surface area contributed by atoms with E-state index in [9.17, 15) is 4.79 Å². The standard InChI is InChI=1S/C22H27NO2/c1-4-6-18-11-16(3)7-9-20(18)19-13-23(15-24)21-12-17(5-2)8-10-22(21)25-14-19/h7-12,15,19H,4-6,13-14H2,1-3H3. The summed E-state index contributed by atoms with van der Waals surface area (Å²) in [5, 5.41) is 0. The fourth-order valence-corrected chi connectivity index (χ4v) is 3.61.